The lowest BCUT2D eigenvalue weighted by Gasteiger charge is -2.08. The van der Waals surface area contributed by atoms with Gasteiger partial charge < -0.3 is 9.05 Å². The second kappa shape index (κ2) is 3.46. The molecule has 0 unspecified atom stereocenters. The Morgan fingerprint density at radius 3 is 2.00 bits per heavy atom. The van der Waals surface area contributed by atoms with E-state index in [-0.39, 0.29) is 13.2 Å². The van der Waals surface area contributed by atoms with Gasteiger partial charge in [-0.1, -0.05) is 23.2 Å². The first kappa shape index (κ1) is 9.56. The molecule has 1 aliphatic rings. The Morgan fingerprint density at radius 1 is 1.27 bits per heavy atom. The van der Waals surface area contributed by atoms with Gasteiger partial charge >= 0.3 is 7.60 Å². The lowest BCUT2D eigenvalue weighted by molar-refractivity contribution is 0.250. The largest absolute Gasteiger partial charge is 0.328 e. The fraction of sp³-hybridized carbons (Fsp3) is 0.600. The second-order valence-electron chi connectivity index (χ2n) is 2.13. The van der Waals surface area contributed by atoms with Crippen molar-refractivity contribution in [2.75, 3.05) is 19.9 Å². The summed E-state index contributed by atoms with van der Waals surface area (Å²) in [6, 6.07) is 0. The highest BCUT2D eigenvalue weighted by molar-refractivity contribution is 7.53. The third kappa shape index (κ3) is 2.77. The van der Waals surface area contributed by atoms with E-state index in [0.29, 0.717) is 10.1 Å². The third-order valence-corrected chi connectivity index (χ3v) is 3.11. The molecule has 0 aromatic heterocycles. The van der Waals surface area contributed by atoms with Gasteiger partial charge in [-0.2, -0.15) is 0 Å². The SMILES string of the molecule is CP1(=O)OCC(Cl)=C(Cl)CO1. The molecule has 0 N–H and O–H groups in total. The molecular formula is C5H7Cl2O3P. The van der Waals surface area contributed by atoms with Crippen LogP contribution in [0.4, 0.5) is 0 Å². The molecule has 0 aromatic carbocycles. The molecule has 3 nitrogen and oxygen atoms in total. The van der Waals surface area contributed by atoms with Gasteiger partial charge in [0.15, 0.2) is 0 Å². The maximum Gasteiger partial charge on any atom is 0.328 e. The van der Waals surface area contributed by atoms with Crippen LogP contribution in [0.25, 0.3) is 0 Å². The number of halogens is 2. The Labute approximate surface area is 74.8 Å². The molecule has 11 heavy (non-hydrogen) atoms. The number of hydrogen-bond acceptors (Lipinski definition) is 3. The Kier molecular flexibility index (Phi) is 3.01. The summed E-state index contributed by atoms with van der Waals surface area (Å²) >= 11 is 11.2. The summed E-state index contributed by atoms with van der Waals surface area (Å²) in [7, 11) is -2.92. The molecule has 0 aromatic rings. The quantitative estimate of drug-likeness (QED) is 0.584. The van der Waals surface area contributed by atoms with Gasteiger partial charge in [-0.15, -0.1) is 0 Å². The molecule has 1 rings (SSSR count). The molecule has 0 fully saturated rings. The predicted molar refractivity (Wildman–Crippen MR) is 44.2 cm³/mol. The normalized spacial score (nSPS) is 25.0. The summed E-state index contributed by atoms with van der Waals surface area (Å²) in [5, 5.41) is 0.706. The minimum absolute atomic E-state index is 0.0637. The maximum atomic E-state index is 11.2. The van der Waals surface area contributed by atoms with Crippen LogP contribution in [0.2, 0.25) is 0 Å². The van der Waals surface area contributed by atoms with Gasteiger partial charge in [0.25, 0.3) is 0 Å². The van der Waals surface area contributed by atoms with Crippen LogP contribution < -0.4 is 0 Å². The van der Waals surface area contributed by atoms with Gasteiger partial charge in [0, 0.05) is 6.66 Å². The fourth-order valence-electron chi connectivity index (χ4n) is 0.542. The molecule has 0 radical (unpaired) electrons. The van der Waals surface area contributed by atoms with Crippen molar-refractivity contribution in [3.05, 3.63) is 10.1 Å². The third-order valence-electron chi connectivity index (χ3n) is 1.15. The number of rotatable bonds is 0. The van der Waals surface area contributed by atoms with Crippen molar-refractivity contribution in [1.29, 1.82) is 0 Å². The zero-order valence-corrected chi connectivity index (χ0v) is 8.25. The lowest BCUT2D eigenvalue weighted by atomic mass is 10.5. The molecule has 0 amide bonds. The van der Waals surface area contributed by atoms with Crippen LogP contribution in [0.15, 0.2) is 10.1 Å². The predicted octanol–water partition coefficient (Wildman–Crippen LogP) is 2.55. The molecule has 0 aliphatic carbocycles. The van der Waals surface area contributed by atoms with E-state index < -0.39 is 7.60 Å². The maximum absolute atomic E-state index is 11.2. The van der Waals surface area contributed by atoms with Crippen LogP contribution in [0.1, 0.15) is 0 Å². The van der Waals surface area contributed by atoms with Crippen molar-refractivity contribution in [3.63, 3.8) is 0 Å². The van der Waals surface area contributed by atoms with E-state index in [4.69, 9.17) is 32.2 Å². The molecule has 1 aliphatic heterocycles. The standard InChI is InChI=1S/C5H7Cl2O3P/c1-11(8)9-2-4(6)5(7)3-10-11/h2-3H2,1H3. The fourth-order valence-corrected chi connectivity index (χ4v) is 1.71. The summed E-state index contributed by atoms with van der Waals surface area (Å²) in [6.07, 6.45) is 0. The monoisotopic (exact) mass is 216 g/mol. The van der Waals surface area contributed by atoms with Crippen molar-refractivity contribution >= 4 is 30.8 Å². The van der Waals surface area contributed by atoms with Crippen molar-refractivity contribution in [1.82, 2.24) is 0 Å². The van der Waals surface area contributed by atoms with Crippen LogP contribution >= 0.6 is 30.8 Å². The first-order valence-electron chi connectivity index (χ1n) is 2.91. The van der Waals surface area contributed by atoms with Gasteiger partial charge in [0.05, 0.1) is 23.3 Å². The van der Waals surface area contributed by atoms with Gasteiger partial charge in [-0.25, -0.2) is 0 Å². The molecule has 0 atom stereocenters. The molecule has 0 spiro atoms. The lowest BCUT2D eigenvalue weighted by Crippen LogP contribution is -1.90. The van der Waals surface area contributed by atoms with E-state index in [2.05, 4.69) is 0 Å². The van der Waals surface area contributed by atoms with Crippen molar-refractivity contribution in [3.8, 4) is 0 Å². The van der Waals surface area contributed by atoms with Crippen molar-refractivity contribution < 1.29 is 13.6 Å². The van der Waals surface area contributed by atoms with Gasteiger partial charge in [0.1, 0.15) is 0 Å². The van der Waals surface area contributed by atoms with E-state index in [9.17, 15) is 4.57 Å². The molecular weight excluding hydrogens is 210 g/mol. The highest BCUT2D eigenvalue weighted by Gasteiger charge is 2.22. The van der Waals surface area contributed by atoms with E-state index in [0.717, 1.165) is 0 Å². The average Bonchev–Trinajstić information content (AvgIpc) is 2.03. The van der Waals surface area contributed by atoms with Gasteiger partial charge in [-0.05, 0) is 0 Å². The van der Waals surface area contributed by atoms with Crippen molar-refractivity contribution in [2.45, 2.75) is 0 Å². The number of hydrogen-bond donors (Lipinski definition) is 0. The summed E-state index contributed by atoms with van der Waals surface area (Å²) in [5.41, 5.74) is 0. The van der Waals surface area contributed by atoms with Crippen LogP contribution in [0.5, 0.6) is 0 Å². The second-order valence-corrected chi connectivity index (χ2v) is 5.10. The minimum atomic E-state index is -2.92. The Bertz CT molecular complexity index is 218. The van der Waals surface area contributed by atoms with Crippen LogP contribution in [0, 0.1) is 0 Å². The van der Waals surface area contributed by atoms with E-state index in [1.54, 1.807) is 0 Å². The summed E-state index contributed by atoms with van der Waals surface area (Å²) in [4.78, 5) is 0. The Morgan fingerprint density at radius 2 is 1.64 bits per heavy atom. The first-order valence-corrected chi connectivity index (χ1v) is 5.65. The highest BCUT2D eigenvalue weighted by Crippen LogP contribution is 2.47. The molecule has 0 saturated heterocycles. The molecule has 6 heteroatoms. The molecule has 0 saturated carbocycles. The Hall–Kier alpha value is 0.470. The highest BCUT2D eigenvalue weighted by atomic mass is 35.5. The zero-order valence-electron chi connectivity index (χ0n) is 5.84. The van der Waals surface area contributed by atoms with E-state index >= 15 is 0 Å². The van der Waals surface area contributed by atoms with Crippen LogP contribution in [-0.2, 0) is 13.6 Å². The van der Waals surface area contributed by atoms with Crippen LogP contribution in [0.3, 0.4) is 0 Å². The van der Waals surface area contributed by atoms with Gasteiger partial charge in [0.2, 0.25) is 0 Å². The van der Waals surface area contributed by atoms with Crippen molar-refractivity contribution in [2.24, 2.45) is 0 Å². The van der Waals surface area contributed by atoms with E-state index in [1.165, 1.54) is 6.66 Å². The molecule has 1 heterocycles. The summed E-state index contributed by atoms with van der Waals surface area (Å²) in [5.74, 6) is 0. The topological polar surface area (TPSA) is 35.5 Å². The smallest absolute Gasteiger partial charge is 0.303 e. The van der Waals surface area contributed by atoms with Crippen LogP contribution in [-0.4, -0.2) is 19.9 Å². The summed E-state index contributed by atoms with van der Waals surface area (Å²) < 4.78 is 20.8. The molecule has 64 valence electrons. The first-order chi connectivity index (χ1) is 5.01. The zero-order chi connectivity index (χ0) is 8.48. The van der Waals surface area contributed by atoms with Gasteiger partial charge in [-0.3, -0.25) is 4.57 Å². The summed E-state index contributed by atoms with van der Waals surface area (Å²) in [6.45, 7) is 1.51. The molecule has 0 bridgehead atoms. The average molecular weight is 217 g/mol. The van der Waals surface area contributed by atoms with E-state index in [1.807, 2.05) is 0 Å². The Balaban J connectivity index is 2.72. The minimum Gasteiger partial charge on any atom is -0.303 e.